The number of halogens is 1. The first-order valence-electron chi connectivity index (χ1n) is 3.43. The van der Waals surface area contributed by atoms with Crippen molar-refractivity contribution in [2.24, 2.45) is 5.41 Å². The van der Waals surface area contributed by atoms with Crippen molar-refractivity contribution in [2.75, 3.05) is 5.88 Å². The molecule has 0 saturated carbocycles. The van der Waals surface area contributed by atoms with E-state index in [4.69, 9.17) is 16.9 Å². The minimum atomic E-state index is -0.481. The second-order valence-corrected chi connectivity index (χ2v) is 2.78. The molecule has 11 heavy (non-hydrogen) atoms. The van der Waals surface area contributed by atoms with Gasteiger partial charge in [-0.2, -0.15) is 5.26 Å². The molecule has 0 aliphatic carbocycles. The van der Waals surface area contributed by atoms with E-state index < -0.39 is 5.41 Å². The Labute approximate surface area is 73.0 Å². The fourth-order valence-corrected chi connectivity index (χ4v) is 1.14. The van der Waals surface area contributed by atoms with E-state index in [-0.39, 0.29) is 0 Å². The monoisotopic (exact) mass is 169 g/mol. The highest BCUT2D eigenvalue weighted by atomic mass is 35.5. The molecule has 2 heteroatoms. The summed E-state index contributed by atoms with van der Waals surface area (Å²) in [5.74, 6) is 0.335. The Kier molecular flexibility index (Phi) is 4.65. The van der Waals surface area contributed by atoms with Crippen LogP contribution in [0.15, 0.2) is 25.3 Å². The van der Waals surface area contributed by atoms with Crippen LogP contribution in [0.1, 0.15) is 12.8 Å². The van der Waals surface area contributed by atoms with Crippen molar-refractivity contribution in [1.82, 2.24) is 0 Å². The van der Waals surface area contributed by atoms with E-state index in [1.807, 2.05) is 0 Å². The molecule has 0 spiro atoms. The summed E-state index contributed by atoms with van der Waals surface area (Å²) in [6, 6.07) is 2.19. The van der Waals surface area contributed by atoms with Crippen LogP contribution in [0, 0.1) is 16.7 Å². The van der Waals surface area contributed by atoms with Crippen LogP contribution in [0.2, 0.25) is 0 Å². The normalized spacial score (nSPS) is 10.2. The Morgan fingerprint density at radius 2 is 1.82 bits per heavy atom. The van der Waals surface area contributed by atoms with Gasteiger partial charge in [0.2, 0.25) is 0 Å². The maximum absolute atomic E-state index is 8.81. The molecule has 0 aromatic rings. The van der Waals surface area contributed by atoms with Gasteiger partial charge in [-0.15, -0.1) is 24.8 Å². The molecule has 0 heterocycles. The predicted octanol–water partition coefficient (Wildman–Crippen LogP) is 2.89. The third-order valence-corrected chi connectivity index (χ3v) is 2.07. The van der Waals surface area contributed by atoms with Gasteiger partial charge in [-0.3, -0.25) is 0 Å². The van der Waals surface area contributed by atoms with E-state index in [0.29, 0.717) is 18.7 Å². The summed E-state index contributed by atoms with van der Waals surface area (Å²) in [6.45, 7) is 7.16. The Hall–Kier alpha value is -0.740. The summed E-state index contributed by atoms with van der Waals surface area (Å²) in [7, 11) is 0. The standard InChI is InChI=1S/C9H12ClN/c1-3-5-9(7-10,8-11)6-4-2/h3-4H,1-2,5-7H2. The van der Waals surface area contributed by atoms with Crippen molar-refractivity contribution in [3.8, 4) is 6.07 Å². The number of rotatable bonds is 5. The fraction of sp³-hybridized carbons (Fsp3) is 0.444. The van der Waals surface area contributed by atoms with Gasteiger partial charge in [-0.05, 0) is 12.8 Å². The van der Waals surface area contributed by atoms with Crippen molar-refractivity contribution in [3.63, 3.8) is 0 Å². The molecule has 0 unspecified atom stereocenters. The lowest BCUT2D eigenvalue weighted by molar-refractivity contribution is 0.463. The quantitative estimate of drug-likeness (QED) is 0.459. The first-order valence-corrected chi connectivity index (χ1v) is 3.97. The zero-order valence-corrected chi connectivity index (χ0v) is 7.27. The lowest BCUT2D eigenvalue weighted by Gasteiger charge is -2.19. The fourth-order valence-electron chi connectivity index (χ4n) is 0.866. The van der Waals surface area contributed by atoms with Crippen molar-refractivity contribution in [2.45, 2.75) is 12.8 Å². The maximum atomic E-state index is 8.81. The van der Waals surface area contributed by atoms with Gasteiger partial charge >= 0.3 is 0 Å². The zero-order valence-electron chi connectivity index (χ0n) is 6.52. The van der Waals surface area contributed by atoms with E-state index in [0.717, 1.165) is 0 Å². The number of allylic oxidation sites excluding steroid dienone is 2. The van der Waals surface area contributed by atoms with E-state index in [2.05, 4.69) is 19.2 Å². The average Bonchev–Trinajstić information content (AvgIpc) is 2.04. The molecule has 0 radical (unpaired) electrons. The van der Waals surface area contributed by atoms with E-state index >= 15 is 0 Å². The number of nitrogens with zero attached hydrogens (tertiary/aromatic N) is 1. The third kappa shape index (κ3) is 2.78. The molecule has 0 aromatic heterocycles. The van der Waals surface area contributed by atoms with Gasteiger partial charge in [-0.1, -0.05) is 12.2 Å². The molecule has 0 bridgehead atoms. The molecular formula is C9H12ClN. The molecule has 0 aliphatic heterocycles. The second kappa shape index (κ2) is 4.98. The molecule has 0 aliphatic rings. The van der Waals surface area contributed by atoms with Crippen molar-refractivity contribution >= 4 is 11.6 Å². The van der Waals surface area contributed by atoms with E-state index in [1.165, 1.54) is 0 Å². The number of hydrogen-bond donors (Lipinski definition) is 0. The van der Waals surface area contributed by atoms with Crippen molar-refractivity contribution < 1.29 is 0 Å². The van der Waals surface area contributed by atoms with Gasteiger partial charge in [0.05, 0.1) is 11.5 Å². The maximum Gasteiger partial charge on any atom is 0.0777 e. The molecule has 0 atom stereocenters. The van der Waals surface area contributed by atoms with Crippen LogP contribution >= 0.6 is 11.6 Å². The molecule has 0 fully saturated rings. The molecule has 60 valence electrons. The Balaban J connectivity index is 4.33. The molecule has 0 amide bonds. The third-order valence-electron chi connectivity index (χ3n) is 1.56. The van der Waals surface area contributed by atoms with Crippen LogP contribution in [0.3, 0.4) is 0 Å². The van der Waals surface area contributed by atoms with Gasteiger partial charge < -0.3 is 0 Å². The Morgan fingerprint density at radius 1 is 1.36 bits per heavy atom. The second-order valence-electron chi connectivity index (χ2n) is 2.51. The number of alkyl halides is 1. The van der Waals surface area contributed by atoms with Crippen LogP contribution in [0.25, 0.3) is 0 Å². The Bertz CT molecular complexity index is 168. The summed E-state index contributed by atoms with van der Waals surface area (Å²) in [5.41, 5.74) is -0.481. The summed E-state index contributed by atoms with van der Waals surface area (Å²) < 4.78 is 0. The Morgan fingerprint density at radius 3 is 2.00 bits per heavy atom. The predicted molar refractivity (Wildman–Crippen MR) is 48.4 cm³/mol. The molecule has 1 nitrogen and oxygen atoms in total. The average molecular weight is 170 g/mol. The van der Waals surface area contributed by atoms with Crippen molar-refractivity contribution in [1.29, 1.82) is 5.26 Å². The lowest BCUT2D eigenvalue weighted by Crippen LogP contribution is -2.18. The van der Waals surface area contributed by atoms with E-state index in [9.17, 15) is 0 Å². The minimum absolute atomic E-state index is 0.335. The zero-order chi connectivity index (χ0) is 8.74. The van der Waals surface area contributed by atoms with Gasteiger partial charge in [0.25, 0.3) is 0 Å². The summed E-state index contributed by atoms with van der Waals surface area (Å²) >= 11 is 5.66. The first-order chi connectivity index (χ1) is 5.24. The molecular weight excluding hydrogens is 158 g/mol. The number of hydrogen-bond acceptors (Lipinski definition) is 1. The highest BCUT2D eigenvalue weighted by molar-refractivity contribution is 6.18. The molecule has 0 aromatic carbocycles. The van der Waals surface area contributed by atoms with Crippen LogP contribution in [0.4, 0.5) is 0 Å². The highest BCUT2D eigenvalue weighted by Gasteiger charge is 2.25. The first kappa shape index (κ1) is 10.3. The van der Waals surface area contributed by atoms with Crippen LogP contribution < -0.4 is 0 Å². The van der Waals surface area contributed by atoms with Crippen LogP contribution in [-0.2, 0) is 0 Å². The van der Waals surface area contributed by atoms with Gasteiger partial charge in [-0.25, -0.2) is 0 Å². The largest absolute Gasteiger partial charge is 0.198 e. The van der Waals surface area contributed by atoms with Gasteiger partial charge in [0.1, 0.15) is 0 Å². The van der Waals surface area contributed by atoms with Crippen molar-refractivity contribution in [3.05, 3.63) is 25.3 Å². The molecule has 0 rings (SSSR count). The van der Waals surface area contributed by atoms with Crippen LogP contribution in [-0.4, -0.2) is 5.88 Å². The highest BCUT2D eigenvalue weighted by Crippen LogP contribution is 2.27. The summed E-state index contributed by atoms with van der Waals surface area (Å²) in [5, 5.41) is 8.81. The summed E-state index contributed by atoms with van der Waals surface area (Å²) in [6.07, 6.45) is 4.68. The minimum Gasteiger partial charge on any atom is -0.198 e. The van der Waals surface area contributed by atoms with Gasteiger partial charge in [0, 0.05) is 5.88 Å². The SMILES string of the molecule is C=CCC(C#N)(CCl)CC=C. The molecule has 0 N–H and O–H groups in total. The number of nitriles is 1. The van der Waals surface area contributed by atoms with Gasteiger partial charge in [0.15, 0.2) is 0 Å². The molecule has 0 saturated heterocycles. The lowest BCUT2D eigenvalue weighted by atomic mass is 9.85. The van der Waals surface area contributed by atoms with Crippen LogP contribution in [0.5, 0.6) is 0 Å². The smallest absolute Gasteiger partial charge is 0.0777 e. The summed E-state index contributed by atoms with van der Waals surface area (Å²) in [4.78, 5) is 0. The van der Waals surface area contributed by atoms with E-state index in [1.54, 1.807) is 12.2 Å². The topological polar surface area (TPSA) is 23.8 Å².